The summed E-state index contributed by atoms with van der Waals surface area (Å²) >= 11 is 0. The lowest BCUT2D eigenvalue weighted by Gasteiger charge is -2.14. The van der Waals surface area contributed by atoms with Crippen LogP contribution in [0.1, 0.15) is 52.5 Å². The van der Waals surface area contributed by atoms with E-state index in [4.69, 9.17) is 4.74 Å². The predicted octanol–water partition coefficient (Wildman–Crippen LogP) is 5.24. The van der Waals surface area contributed by atoms with Crippen molar-refractivity contribution in [3.63, 3.8) is 0 Å². The Morgan fingerprint density at radius 2 is 1.77 bits per heavy atom. The van der Waals surface area contributed by atoms with E-state index >= 15 is 0 Å². The Kier molecular flexibility index (Phi) is 8.46. The molecule has 0 aliphatic carbocycles. The molecule has 2 nitrogen and oxygen atoms in total. The van der Waals surface area contributed by atoms with Gasteiger partial charge in [0.15, 0.2) is 5.78 Å². The Morgan fingerprint density at radius 3 is 2.36 bits per heavy atom. The van der Waals surface area contributed by atoms with Gasteiger partial charge in [0, 0.05) is 0 Å². The minimum Gasteiger partial charge on any atom is -0.365 e. The highest BCUT2D eigenvalue weighted by Crippen LogP contribution is 2.12. The summed E-state index contributed by atoms with van der Waals surface area (Å²) in [5.41, 5.74) is 3.76. The van der Waals surface area contributed by atoms with Crippen LogP contribution in [0.25, 0.3) is 0 Å². The maximum Gasteiger partial charge on any atom is 0.158 e. The summed E-state index contributed by atoms with van der Waals surface area (Å²) in [6, 6.07) is 9.96. The van der Waals surface area contributed by atoms with E-state index in [0.29, 0.717) is 13.0 Å². The average Bonchev–Trinajstić information content (AvgIpc) is 2.47. The van der Waals surface area contributed by atoms with Gasteiger partial charge in [0.2, 0.25) is 0 Å². The maximum atomic E-state index is 11.7. The van der Waals surface area contributed by atoms with Crippen LogP contribution in [0, 0.1) is 0 Å². The molecule has 0 spiro atoms. The van der Waals surface area contributed by atoms with Crippen LogP contribution in [0.15, 0.2) is 53.6 Å². The second kappa shape index (κ2) is 10.1. The predicted molar refractivity (Wildman–Crippen MR) is 92.7 cm³/mol. The van der Waals surface area contributed by atoms with Crippen molar-refractivity contribution in [2.24, 2.45) is 0 Å². The molecule has 0 fully saturated rings. The molecule has 22 heavy (non-hydrogen) atoms. The van der Waals surface area contributed by atoms with Gasteiger partial charge in [-0.25, -0.2) is 0 Å². The van der Waals surface area contributed by atoms with E-state index in [1.807, 2.05) is 30.3 Å². The van der Waals surface area contributed by atoms with E-state index in [0.717, 1.165) is 18.4 Å². The third-order valence-electron chi connectivity index (χ3n) is 3.52. The molecule has 0 saturated heterocycles. The highest BCUT2D eigenvalue weighted by molar-refractivity contribution is 5.80. The zero-order chi connectivity index (χ0) is 16.4. The fraction of sp³-hybridized carbons (Fsp3) is 0.450. The van der Waals surface area contributed by atoms with Crippen LogP contribution in [-0.2, 0) is 16.1 Å². The van der Waals surface area contributed by atoms with Gasteiger partial charge >= 0.3 is 0 Å². The van der Waals surface area contributed by atoms with Gasteiger partial charge in [0.25, 0.3) is 0 Å². The smallest absolute Gasteiger partial charge is 0.158 e. The zero-order valence-corrected chi connectivity index (χ0v) is 14.3. The molecular weight excluding hydrogens is 272 g/mol. The number of hydrogen-bond acceptors (Lipinski definition) is 2. The van der Waals surface area contributed by atoms with Gasteiger partial charge in [-0.2, -0.15) is 0 Å². The monoisotopic (exact) mass is 300 g/mol. The normalized spacial score (nSPS) is 12.8. The Labute approximate surface area is 134 Å². The van der Waals surface area contributed by atoms with Crippen molar-refractivity contribution in [1.82, 2.24) is 0 Å². The van der Waals surface area contributed by atoms with Gasteiger partial charge in [-0.3, -0.25) is 4.79 Å². The molecule has 1 aromatic rings. The number of rotatable bonds is 9. The Morgan fingerprint density at radius 1 is 1.09 bits per heavy atom. The fourth-order valence-corrected chi connectivity index (χ4v) is 2.12. The maximum absolute atomic E-state index is 11.7. The number of benzene rings is 1. The first-order valence-corrected chi connectivity index (χ1v) is 7.94. The SMILES string of the molecule is CC(=O)C(C/C=C(/C)CCC=C(C)C)OCc1ccccc1. The van der Waals surface area contributed by atoms with Crippen LogP contribution in [0.2, 0.25) is 0 Å². The standard InChI is InChI=1S/C20H28O2/c1-16(2)9-8-10-17(3)13-14-20(18(4)21)22-15-19-11-6-5-7-12-19/h5-7,9,11-13,20H,8,10,14-15H2,1-4H3/b17-13-. The molecule has 0 aliphatic rings. The first-order valence-electron chi connectivity index (χ1n) is 7.94. The molecule has 0 saturated carbocycles. The number of Topliss-reactive ketones (excluding diaryl/α,β-unsaturated/α-hetero) is 1. The van der Waals surface area contributed by atoms with E-state index in [9.17, 15) is 4.79 Å². The van der Waals surface area contributed by atoms with Gasteiger partial charge in [0.1, 0.15) is 6.10 Å². The Bertz CT molecular complexity index is 508. The summed E-state index contributed by atoms with van der Waals surface area (Å²) in [5.74, 6) is 0.0873. The van der Waals surface area contributed by atoms with E-state index in [-0.39, 0.29) is 11.9 Å². The van der Waals surface area contributed by atoms with Crippen molar-refractivity contribution in [2.75, 3.05) is 0 Å². The van der Waals surface area contributed by atoms with Crippen LogP contribution < -0.4 is 0 Å². The van der Waals surface area contributed by atoms with Crippen LogP contribution in [0.4, 0.5) is 0 Å². The molecule has 1 rings (SSSR count). The van der Waals surface area contributed by atoms with Crippen molar-refractivity contribution in [2.45, 2.75) is 59.7 Å². The van der Waals surface area contributed by atoms with E-state index in [1.54, 1.807) is 6.92 Å². The third-order valence-corrected chi connectivity index (χ3v) is 3.52. The quantitative estimate of drug-likeness (QED) is 0.583. The molecular formula is C20H28O2. The van der Waals surface area contributed by atoms with E-state index in [1.165, 1.54) is 11.1 Å². The van der Waals surface area contributed by atoms with Gasteiger partial charge in [-0.15, -0.1) is 0 Å². The van der Waals surface area contributed by atoms with Crippen LogP contribution >= 0.6 is 0 Å². The molecule has 2 heteroatoms. The lowest BCUT2D eigenvalue weighted by Crippen LogP contribution is -2.21. The van der Waals surface area contributed by atoms with Crippen LogP contribution in [0.5, 0.6) is 0 Å². The average molecular weight is 300 g/mol. The molecule has 1 atom stereocenters. The summed E-state index contributed by atoms with van der Waals surface area (Å²) < 4.78 is 5.78. The first-order chi connectivity index (χ1) is 10.5. The Balaban J connectivity index is 2.46. The number of hydrogen-bond donors (Lipinski definition) is 0. The topological polar surface area (TPSA) is 26.3 Å². The number of carbonyl (C=O) groups excluding carboxylic acids is 1. The molecule has 1 aromatic carbocycles. The van der Waals surface area contributed by atoms with Crippen LogP contribution in [-0.4, -0.2) is 11.9 Å². The first kappa shape index (κ1) is 18.4. The minimum atomic E-state index is -0.349. The van der Waals surface area contributed by atoms with Gasteiger partial charge in [-0.1, -0.05) is 53.6 Å². The number of ketones is 1. The van der Waals surface area contributed by atoms with Crippen molar-refractivity contribution in [1.29, 1.82) is 0 Å². The number of allylic oxidation sites excluding steroid dienone is 3. The van der Waals surface area contributed by atoms with Crippen molar-refractivity contribution in [3.8, 4) is 0 Å². The second-order valence-electron chi connectivity index (χ2n) is 6.00. The molecule has 0 aromatic heterocycles. The van der Waals surface area contributed by atoms with Gasteiger partial charge in [-0.05, 0) is 52.5 Å². The molecule has 0 radical (unpaired) electrons. The zero-order valence-electron chi connectivity index (χ0n) is 14.3. The summed E-state index contributed by atoms with van der Waals surface area (Å²) in [6.07, 6.45) is 6.78. The van der Waals surface area contributed by atoms with Gasteiger partial charge < -0.3 is 4.74 Å². The largest absolute Gasteiger partial charge is 0.365 e. The van der Waals surface area contributed by atoms with Gasteiger partial charge in [0.05, 0.1) is 6.61 Å². The number of ether oxygens (including phenoxy) is 1. The summed E-state index contributed by atoms with van der Waals surface area (Å²) in [6.45, 7) is 8.43. The fourth-order valence-electron chi connectivity index (χ4n) is 2.12. The summed E-state index contributed by atoms with van der Waals surface area (Å²) in [7, 11) is 0. The lowest BCUT2D eigenvalue weighted by molar-refractivity contribution is -0.128. The second-order valence-corrected chi connectivity index (χ2v) is 6.00. The molecule has 0 bridgehead atoms. The van der Waals surface area contributed by atoms with Crippen molar-refractivity contribution in [3.05, 3.63) is 59.2 Å². The minimum absolute atomic E-state index is 0.0873. The van der Waals surface area contributed by atoms with Crippen molar-refractivity contribution >= 4 is 5.78 Å². The van der Waals surface area contributed by atoms with E-state index < -0.39 is 0 Å². The third kappa shape index (κ3) is 7.94. The molecule has 0 heterocycles. The van der Waals surface area contributed by atoms with E-state index in [2.05, 4.69) is 32.9 Å². The lowest BCUT2D eigenvalue weighted by atomic mass is 10.1. The molecule has 120 valence electrons. The summed E-state index contributed by atoms with van der Waals surface area (Å²) in [5, 5.41) is 0. The summed E-state index contributed by atoms with van der Waals surface area (Å²) in [4.78, 5) is 11.7. The highest BCUT2D eigenvalue weighted by Gasteiger charge is 2.13. The molecule has 0 aliphatic heterocycles. The molecule has 0 N–H and O–H groups in total. The number of carbonyl (C=O) groups is 1. The van der Waals surface area contributed by atoms with Crippen LogP contribution in [0.3, 0.4) is 0 Å². The highest BCUT2D eigenvalue weighted by atomic mass is 16.5. The Hall–Kier alpha value is -1.67. The van der Waals surface area contributed by atoms with Crippen molar-refractivity contribution < 1.29 is 9.53 Å². The molecule has 1 unspecified atom stereocenters. The molecule has 0 amide bonds.